The fourth-order valence-corrected chi connectivity index (χ4v) is 1.90. The first-order chi connectivity index (χ1) is 7.36. The molecule has 0 saturated carbocycles. The number of nitrogens with one attached hydrogen (secondary N) is 1. The maximum atomic E-state index is 9.80. The summed E-state index contributed by atoms with van der Waals surface area (Å²) in [6, 6.07) is 1.57. The summed E-state index contributed by atoms with van der Waals surface area (Å²) in [5, 5.41) is 8.27. The number of aliphatic hydroxyl groups is 1. The van der Waals surface area contributed by atoms with Gasteiger partial charge in [0, 0.05) is 6.61 Å². The standard InChI is InChI=1S/C9H13ClN2O2S2/c1-3-14-5-12-6(9(2,10)13)4-7(15)11-8(12)16/h4,13H,3,5H2,1-2H3,(H,11,15,16). The molecule has 1 unspecified atom stereocenters. The van der Waals surface area contributed by atoms with Gasteiger partial charge in [-0.2, -0.15) is 0 Å². The lowest BCUT2D eigenvalue weighted by Crippen LogP contribution is -2.22. The molecule has 0 bridgehead atoms. The summed E-state index contributed by atoms with van der Waals surface area (Å²) in [4.78, 5) is 2.80. The van der Waals surface area contributed by atoms with Crippen LogP contribution in [0.4, 0.5) is 0 Å². The van der Waals surface area contributed by atoms with Gasteiger partial charge in [-0.3, -0.25) is 4.57 Å². The normalized spacial score (nSPS) is 14.8. The predicted molar refractivity (Wildman–Crippen MR) is 67.5 cm³/mol. The number of aromatic nitrogens is 2. The monoisotopic (exact) mass is 280 g/mol. The average molecular weight is 281 g/mol. The molecule has 0 spiro atoms. The Balaban J connectivity index is 3.33. The van der Waals surface area contributed by atoms with Gasteiger partial charge in [-0.05, 0) is 32.1 Å². The fourth-order valence-electron chi connectivity index (χ4n) is 1.21. The molecule has 0 radical (unpaired) electrons. The van der Waals surface area contributed by atoms with Crippen LogP contribution in [0, 0.1) is 9.41 Å². The minimum atomic E-state index is -1.53. The minimum absolute atomic E-state index is 0.222. The van der Waals surface area contributed by atoms with Gasteiger partial charge >= 0.3 is 0 Å². The molecule has 90 valence electrons. The van der Waals surface area contributed by atoms with Crippen LogP contribution in [0.5, 0.6) is 0 Å². The Hall–Kier alpha value is -0.270. The van der Waals surface area contributed by atoms with Crippen molar-refractivity contribution in [2.24, 2.45) is 0 Å². The summed E-state index contributed by atoms with van der Waals surface area (Å²) in [6.07, 6.45) is 0. The van der Waals surface area contributed by atoms with E-state index in [0.717, 1.165) is 0 Å². The van der Waals surface area contributed by atoms with Crippen molar-refractivity contribution in [3.05, 3.63) is 21.2 Å². The van der Waals surface area contributed by atoms with Crippen LogP contribution in [0.2, 0.25) is 0 Å². The Morgan fingerprint density at radius 1 is 1.62 bits per heavy atom. The quantitative estimate of drug-likeness (QED) is 0.658. The lowest BCUT2D eigenvalue weighted by molar-refractivity contribution is 0.0689. The van der Waals surface area contributed by atoms with Crippen molar-refractivity contribution in [2.45, 2.75) is 25.6 Å². The second kappa shape index (κ2) is 5.37. The second-order valence-corrected chi connectivity index (χ2v) is 4.89. The van der Waals surface area contributed by atoms with Gasteiger partial charge in [-0.15, -0.1) is 0 Å². The first kappa shape index (κ1) is 13.8. The molecule has 0 aromatic carbocycles. The van der Waals surface area contributed by atoms with Gasteiger partial charge in [0.05, 0.1) is 5.69 Å². The van der Waals surface area contributed by atoms with Crippen LogP contribution in [0.3, 0.4) is 0 Å². The van der Waals surface area contributed by atoms with Gasteiger partial charge in [0.1, 0.15) is 11.4 Å². The number of ether oxygens (including phenoxy) is 1. The molecule has 2 N–H and O–H groups in total. The summed E-state index contributed by atoms with van der Waals surface area (Å²) >= 11 is 15.9. The van der Waals surface area contributed by atoms with Crippen LogP contribution in [-0.2, 0) is 16.5 Å². The van der Waals surface area contributed by atoms with E-state index in [-0.39, 0.29) is 6.73 Å². The molecule has 16 heavy (non-hydrogen) atoms. The highest BCUT2D eigenvalue weighted by Gasteiger charge is 2.23. The van der Waals surface area contributed by atoms with Gasteiger partial charge < -0.3 is 14.8 Å². The summed E-state index contributed by atoms with van der Waals surface area (Å²) < 4.78 is 7.62. The van der Waals surface area contributed by atoms with Crippen molar-refractivity contribution in [1.82, 2.24) is 9.55 Å². The number of rotatable bonds is 4. The molecule has 0 aliphatic carbocycles. The molecule has 0 fully saturated rings. The van der Waals surface area contributed by atoms with Gasteiger partial charge in [-0.1, -0.05) is 23.8 Å². The SMILES string of the molecule is CCOCn1c(C(C)(O)Cl)cc(=S)[nH]c1=S. The van der Waals surface area contributed by atoms with Crippen LogP contribution in [0.15, 0.2) is 6.07 Å². The third kappa shape index (κ3) is 3.36. The van der Waals surface area contributed by atoms with E-state index in [0.29, 0.717) is 21.7 Å². The lowest BCUT2D eigenvalue weighted by atomic mass is 10.2. The van der Waals surface area contributed by atoms with Gasteiger partial charge in [0.25, 0.3) is 0 Å². The zero-order valence-corrected chi connectivity index (χ0v) is 11.4. The van der Waals surface area contributed by atoms with E-state index in [4.69, 9.17) is 40.8 Å². The highest BCUT2D eigenvalue weighted by Crippen LogP contribution is 2.24. The molecule has 1 atom stereocenters. The number of hydrogen-bond donors (Lipinski definition) is 2. The average Bonchev–Trinajstić information content (AvgIpc) is 2.14. The first-order valence-corrected chi connectivity index (χ1v) is 5.89. The molecule has 0 amide bonds. The number of halogens is 1. The highest BCUT2D eigenvalue weighted by molar-refractivity contribution is 7.72. The maximum Gasteiger partial charge on any atom is 0.180 e. The molecule has 0 aliphatic rings. The number of aromatic amines is 1. The van der Waals surface area contributed by atoms with Crippen molar-refractivity contribution < 1.29 is 9.84 Å². The third-order valence-corrected chi connectivity index (χ3v) is 2.66. The van der Waals surface area contributed by atoms with E-state index in [1.54, 1.807) is 10.6 Å². The summed E-state index contributed by atoms with van der Waals surface area (Å²) in [5.41, 5.74) is 0.413. The van der Waals surface area contributed by atoms with E-state index in [9.17, 15) is 5.11 Å². The van der Waals surface area contributed by atoms with E-state index in [1.807, 2.05) is 6.92 Å². The molecule has 1 aromatic rings. The van der Waals surface area contributed by atoms with Crippen LogP contribution >= 0.6 is 36.0 Å². The molecule has 0 saturated heterocycles. The van der Waals surface area contributed by atoms with Crippen molar-refractivity contribution in [1.29, 1.82) is 0 Å². The van der Waals surface area contributed by atoms with Gasteiger partial charge in [0.2, 0.25) is 0 Å². The van der Waals surface area contributed by atoms with Gasteiger partial charge in [-0.25, -0.2) is 0 Å². The summed E-state index contributed by atoms with van der Waals surface area (Å²) in [5.74, 6) is 0. The molecule has 0 aliphatic heterocycles. The van der Waals surface area contributed by atoms with Crippen molar-refractivity contribution in [3.63, 3.8) is 0 Å². The molecule has 1 aromatic heterocycles. The topological polar surface area (TPSA) is 50.2 Å². The van der Waals surface area contributed by atoms with Crippen LogP contribution in [-0.4, -0.2) is 21.3 Å². The Bertz CT molecular complexity index is 476. The largest absolute Gasteiger partial charge is 0.370 e. The smallest absolute Gasteiger partial charge is 0.180 e. The molecular weight excluding hydrogens is 268 g/mol. The second-order valence-electron chi connectivity index (χ2n) is 3.33. The van der Waals surface area contributed by atoms with E-state index < -0.39 is 5.06 Å². The summed E-state index contributed by atoms with van der Waals surface area (Å²) in [6.45, 7) is 4.09. The zero-order valence-electron chi connectivity index (χ0n) is 8.99. The van der Waals surface area contributed by atoms with Crippen LogP contribution < -0.4 is 0 Å². The summed E-state index contributed by atoms with van der Waals surface area (Å²) in [7, 11) is 0. The van der Waals surface area contributed by atoms with Crippen molar-refractivity contribution in [2.75, 3.05) is 6.61 Å². The lowest BCUT2D eigenvalue weighted by Gasteiger charge is -2.21. The molecule has 4 nitrogen and oxygen atoms in total. The Kier molecular flexibility index (Phi) is 4.63. The van der Waals surface area contributed by atoms with Gasteiger partial charge in [0.15, 0.2) is 9.83 Å². The Morgan fingerprint density at radius 2 is 2.25 bits per heavy atom. The maximum absolute atomic E-state index is 9.80. The number of H-pyrrole nitrogens is 1. The predicted octanol–water partition coefficient (Wildman–Crippen LogP) is 2.67. The number of alkyl halides is 1. The van der Waals surface area contributed by atoms with E-state index >= 15 is 0 Å². The number of nitrogens with zero attached hydrogens (tertiary/aromatic N) is 1. The molecule has 7 heteroatoms. The van der Waals surface area contributed by atoms with Crippen LogP contribution in [0.1, 0.15) is 19.5 Å². The minimum Gasteiger partial charge on any atom is -0.370 e. The molecule has 1 heterocycles. The van der Waals surface area contributed by atoms with E-state index in [1.165, 1.54) is 6.92 Å². The van der Waals surface area contributed by atoms with Crippen molar-refractivity contribution in [3.8, 4) is 0 Å². The highest BCUT2D eigenvalue weighted by atomic mass is 35.5. The number of hydrogen-bond acceptors (Lipinski definition) is 4. The van der Waals surface area contributed by atoms with Crippen LogP contribution in [0.25, 0.3) is 0 Å². The fraction of sp³-hybridized carbons (Fsp3) is 0.556. The Labute approximate surface area is 109 Å². The molecular formula is C9H13ClN2O2S2. The third-order valence-electron chi connectivity index (χ3n) is 1.93. The first-order valence-electron chi connectivity index (χ1n) is 4.70. The van der Waals surface area contributed by atoms with E-state index in [2.05, 4.69) is 4.98 Å². The Morgan fingerprint density at radius 3 is 2.75 bits per heavy atom. The van der Waals surface area contributed by atoms with Crippen molar-refractivity contribution >= 4 is 36.0 Å². The zero-order chi connectivity index (χ0) is 12.3. The molecule has 1 rings (SSSR count).